The maximum atomic E-state index is 14.0. The Bertz CT molecular complexity index is 1230. The molecule has 200 valence electrons. The van der Waals surface area contributed by atoms with Crippen LogP contribution in [0.1, 0.15) is 54.9 Å². The third-order valence-electron chi connectivity index (χ3n) is 8.02. The Hall–Kier alpha value is -3.74. The van der Waals surface area contributed by atoms with E-state index < -0.39 is 17.8 Å². The third-order valence-corrected chi connectivity index (χ3v) is 8.02. The topological polar surface area (TPSA) is 125 Å². The minimum atomic E-state index is -1.26. The van der Waals surface area contributed by atoms with Crippen LogP contribution >= 0.6 is 0 Å². The Kier molecular flexibility index (Phi) is 8.45. The largest absolute Gasteiger partial charge is 0.478 e. The van der Waals surface area contributed by atoms with Crippen molar-refractivity contribution in [2.24, 2.45) is 0 Å². The molecule has 3 N–H and O–H groups in total. The highest BCUT2D eigenvalue weighted by Gasteiger charge is 2.45. The number of nitriles is 1. The van der Waals surface area contributed by atoms with E-state index in [1.54, 1.807) is 6.07 Å². The SMILES string of the molecule is N#Cc1ccc(N2CCN(C3CCC4(CC3)C[C@H](O)c3ccccc34)CC2)cc1F.O=C(O)/C=C\C(=O)O. The summed E-state index contributed by atoms with van der Waals surface area (Å²) in [5, 5.41) is 35.1. The fourth-order valence-electron chi connectivity index (χ4n) is 6.13. The molecule has 0 bridgehead atoms. The Morgan fingerprint density at radius 1 is 1.00 bits per heavy atom. The highest BCUT2D eigenvalue weighted by atomic mass is 19.1. The molecular weight excluding hydrogens is 489 g/mol. The van der Waals surface area contributed by atoms with Gasteiger partial charge < -0.3 is 20.2 Å². The number of piperazine rings is 1. The number of aliphatic hydroxyl groups excluding tert-OH is 1. The second kappa shape index (κ2) is 11.8. The summed E-state index contributed by atoms with van der Waals surface area (Å²) in [5.41, 5.74) is 3.65. The molecule has 1 aliphatic heterocycles. The predicted molar refractivity (Wildman–Crippen MR) is 139 cm³/mol. The van der Waals surface area contributed by atoms with Gasteiger partial charge in [-0.3, -0.25) is 4.90 Å². The zero-order chi connectivity index (χ0) is 27.3. The first-order valence-corrected chi connectivity index (χ1v) is 12.8. The smallest absolute Gasteiger partial charge is 0.328 e. The standard InChI is InChI=1S/C25H28FN3O.C4H4O4/c26-23-15-20(6-5-18(23)17-27)29-13-11-28(12-14-29)19-7-9-25(10-8-19)16-24(30)21-3-1-2-4-22(21)25;5-3(6)1-2-4(7)8/h1-6,15,19,24,30H,7-14,16H2;1-2H,(H,5,6)(H,7,8)/b;2-1-/t19?,24-,25?;/m0./s1. The summed E-state index contributed by atoms with van der Waals surface area (Å²) in [6, 6.07) is 15.9. The number of hydrogen-bond donors (Lipinski definition) is 3. The Morgan fingerprint density at radius 3 is 2.21 bits per heavy atom. The van der Waals surface area contributed by atoms with E-state index in [0.29, 0.717) is 18.2 Å². The molecule has 3 aliphatic rings. The van der Waals surface area contributed by atoms with E-state index in [2.05, 4.69) is 28.0 Å². The molecule has 2 aromatic rings. The number of aliphatic carboxylic acids is 2. The van der Waals surface area contributed by atoms with Crippen molar-refractivity contribution in [2.75, 3.05) is 31.1 Å². The first-order valence-electron chi connectivity index (χ1n) is 12.8. The van der Waals surface area contributed by atoms with Crippen molar-refractivity contribution in [3.8, 4) is 6.07 Å². The van der Waals surface area contributed by atoms with Crippen molar-refractivity contribution < 1.29 is 29.3 Å². The minimum Gasteiger partial charge on any atom is -0.478 e. The second-order valence-electron chi connectivity index (χ2n) is 10.1. The number of aliphatic hydroxyl groups is 1. The monoisotopic (exact) mass is 521 g/mol. The summed E-state index contributed by atoms with van der Waals surface area (Å²) >= 11 is 0. The number of carboxylic acid groups (broad SMARTS) is 2. The minimum absolute atomic E-state index is 0.104. The van der Waals surface area contributed by atoms with Gasteiger partial charge in [-0.1, -0.05) is 24.3 Å². The molecule has 1 saturated carbocycles. The first kappa shape index (κ1) is 27.3. The van der Waals surface area contributed by atoms with E-state index in [1.165, 1.54) is 24.5 Å². The third kappa shape index (κ3) is 6.04. The zero-order valence-corrected chi connectivity index (χ0v) is 21.1. The molecule has 0 amide bonds. The van der Waals surface area contributed by atoms with Gasteiger partial charge in [-0.05, 0) is 66.8 Å². The summed E-state index contributed by atoms with van der Waals surface area (Å²) < 4.78 is 14.0. The van der Waals surface area contributed by atoms with Gasteiger partial charge in [-0.15, -0.1) is 0 Å². The molecule has 5 rings (SSSR count). The van der Waals surface area contributed by atoms with Crippen molar-refractivity contribution in [2.45, 2.75) is 49.7 Å². The fourth-order valence-corrected chi connectivity index (χ4v) is 6.13. The second-order valence-corrected chi connectivity index (χ2v) is 10.1. The van der Waals surface area contributed by atoms with Crippen LogP contribution in [0.3, 0.4) is 0 Å². The average molecular weight is 522 g/mol. The van der Waals surface area contributed by atoms with E-state index >= 15 is 0 Å². The van der Waals surface area contributed by atoms with Crippen molar-refractivity contribution in [3.63, 3.8) is 0 Å². The highest BCUT2D eigenvalue weighted by Crippen LogP contribution is 2.53. The number of benzene rings is 2. The van der Waals surface area contributed by atoms with Crippen LogP contribution in [0.4, 0.5) is 10.1 Å². The van der Waals surface area contributed by atoms with E-state index in [4.69, 9.17) is 15.5 Å². The number of fused-ring (bicyclic) bond motifs is 2. The van der Waals surface area contributed by atoms with Crippen molar-refractivity contribution in [1.29, 1.82) is 5.26 Å². The van der Waals surface area contributed by atoms with Gasteiger partial charge in [0, 0.05) is 50.1 Å². The summed E-state index contributed by atoms with van der Waals surface area (Å²) in [6.07, 6.45) is 6.31. The molecule has 2 fully saturated rings. The molecule has 2 aliphatic carbocycles. The van der Waals surface area contributed by atoms with Gasteiger partial charge in [0.05, 0.1) is 11.7 Å². The lowest BCUT2D eigenvalue weighted by Gasteiger charge is -2.45. The van der Waals surface area contributed by atoms with Crippen molar-refractivity contribution >= 4 is 17.6 Å². The number of halogens is 1. The molecule has 1 spiro atoms. The predicted octanol–water partition coefficient (Wildman–Crippen LogP) is 3.85. The number of carboxylic acids is 2. The lowest BCUT2D eigenvalue weighted by atomic mass is 9.68. The van der Waals surface area contributed by atoms with E-state index in [0.717, 1.165) is 56.7 Å². The lowest BCUT2D eigenvalue weighted by molar-refractivity contribution is -0.134. The molecule has 1 atom stereocenters. The van der Waals surface area contributed by atoms with Gasteiger partial charge in [0.25, 0.3) is 0 Å². The van der Waals surface area contributed by atoms with Crippen LogP contribution in [-0.4, -0.2) is 64.4 Å². The van der Waals surface area contributed by atoms with E-state index in [1.807, 2.05) is 18.2 Å². The lowest BCUT2D eigenvalue weighted by Crippen LogP contribution is -2.52. The van der Waals surface area contributed by atoms with Gasteiger partial charge in [-0.25, -0.2) is 14.0 Å². The van der Waals surface area contributed by atoms with Gasteiger partial charge in [0.2, 0.25) is 0 Å². The van der Waals surface area contributed by atoms with Crippen LogP contribution in [0, 0.1) is 17.1 Å². The molecule has 38 heavy (non-hydrogen) atoms. The van der Waals surface area contributed by atoms with E-state index in [9.17, 15) is 19.1 Å². The average Bonchev–Trinajstić information content (AvgIpc) is 3.19. The first-order chi connectivity index (χ1) is 18.2. The number of carbonyl (C=O) groups is 2. The summed E-state index contributed by atoms with van der Waals surface area (Å²) in [7, 11) is 0. The van der Waals surface area contributed by atoms with Gasteiger partial charge >= 0.3 is 11.9 Å². The van der Waals surface area contributed by atoms with Crippen LogP contribution in [0.2, 0.25) is 0 Å². The Balaban J connectivity index is 0.000000368. The number of nitrogens with zero attached hydrogens (tertiary/aromatic N) is 3. The fraction of sp³-hybridized carbons (Fsp3) is 0.414. The van der Waals surface area contributed by atoms with Crippen molar-refractivity contribution in [3.05, 3.63) is 77.1 Å². The summed E-state index contributed by atoms with van der Waals surface area (Å²) in [6.45, 7) is 3.74. The Morgan fingerprint density at radius 2 is 1.63 bits per heavy atom. The number of rotatable bonds is 4. The summed E-state index contributed by atoms with van der Waals surface area (Å²) in [4.78, 5) is 23.9. The number of hydrogen-bond acceptors (Lipinski definition) is 6. The Labute approximate surface area is 221 Å². The van der Waals surface area contributed by atoms with Crippen LogP contribution in [-0.2, 0) is 15.0 Å². The van der Waals surface area contributed by atoms with E-state index in [-0.39, 0.29) is 17.1 Å². The summed E-state index contributed by atoms with van der Waals surface area (Å²) in [5.74, 6) is -2.95. The van der Waals surface area contributed by atoms with Crippen LogP contribution in [0.25, 0.3) is 0 Å². The van der Waals surface area contributed by atoms with Gasteiger partial charge in [0.1, 0.15) is 11.9 Å². The van der Waals surface area contributed by atoms with Crippen molar-refractivity contribution in [1.82, 2.24) is 4.90 Å². The molecule has 8 nitrogen and oxygen atoms in total. The molecule has 2 aromatic carbocycles. The molecule has 0 radical (unpaired) electrons. The maximum absolute atomic E-state index is 14.0. The van der Waals surface area contributed by atoms with Crippen LogP contribution < -0.4 is 4.90 Å². The van der Waals surface area contributed by atoms with Gasteiger partial charge in [0.15, 0.2) is 0 Å². The molecule has 1 heterocycles. The van der Waals surface area contributed by atoms with Gasteiger partial charge in [-0.2, -0.15) is 5.26 Å². The highest BCUT2D eigenvalue weighted by molar-refractivity contribution is 5.89. The molecule has 9 heteroatoms. The van der Waals surface area contributed by atoms with Crippen LogP contribution in [0.15, 0.2) is 54.6 Å². The normalized spacial score (nSPS) is 24.9. The molecule has 1 saturated heterocycles. The maximum Gasteiger partial charge on any atom is 0.328 e. The van der Waals surface area contributed by atoms with Crippen LogP contribution in [0.5, 0.6) is 0 Å². The quantitative estimate of drug-likeness (QED) is 0.518. The molecular formula is C29H32FN3O5. The zero-order valence-electron chi connectivity index (χ0n) is 21.1. The number of anilines is 1. The molecule has 0 unspecified atom stereocenters. The molecule has 0 aromatic heterocycles.